The number of hydrogen-bond acceptors (Lipinski definition) is 1. The van der Waals surface area contributed by atoms with E-state index in [9.17, 15) is 0 Å². The Hall–Kier alpha value is 0.390. The Morgan fingerprint density at radius 2 is 1.93 bits per heavy atom. The highest BCUT2D eigenvalue weighted by Gasteiger charge is 2.39. The van der Waals surface area contributed by atoms with Crippen molar-refractivity contribution in [2.45, 2.75) is 63.6 Å². The van der Waals surface area contributed by atoms with Crippen LogP contribution in [0.5, 0.6) is 0 Å². The minimum atomic E-state index is 0.309. The average molecular weight is 227 g/mol. The molecule has 1 aliphatic carbocycles. The molecule has 1 saturated heterocycles. The van der Waals surface area contributed by atoms with Gasteiger partial charge in [-0.2, -0.15) is 0 Å². The van der Waals surface area contributed by atoms with Gasteiger partial charge in [0, 0.05) is 5.28 Å². The third-order valence-corrected chi connectivity index (χ3v) is 7.65. The van der Waals surface area contributed by atoms with Crippen molar-refractivity contribution in [3.63, 3.8) is 0 Å². The second-order valence-electron chi connectivity index (χ2n) is 5.21. The van der Waals surface area contributed by atoms with Crippen molar-refractivity contribution in [1.29, 1.82) is 0 Å². The van der Waals surface area contributed by atoms with Crippen LogP contribution in [0.2, 0.25) is 0 Å². The highest BCUT2D eigenvalue weighted by molar-refractivity contribution is 7.59. The molecule has 0 radical (unpaired) electrons. The van der Waals surface area contributed by atoms with Gasteiger partial charge in [0.05, 0.1) is 0 Å². The van der Waals surface area contributed by atoms with Gasteiger partial charge in [0.1, 0.15) is 0 Å². The zero-order valence-corrected chi connectivity index (χ0v) is 11.1. The van der Waals surface area contributed by atoms with Crippen LogP contribution >= 0.6 is 7.92 Å². The molecule has 0 aromatic carbocycles. The number of nitrogens with one attached hydrogen (secondary N) is 1. The van der Waals surface area contributed by atoms with Gasteiger partial charge >= 0.3 is 0 Å². The Morgan fingerprint density at radius 1 is 1.13 bits per heavy atom. The lowest BCUT2D eigenvalue weighted by Gasteiger charge is -2.48. The van der Waals surface area contributed by atoms with Crippen LogP contribution < -0.4 is 5.32 Å². The molecule has 1 heterocycles. The first-order chi connectivity index (χ1) is 7.37. The molecule has 0 bridgehead atoms. The molecular weight excluding hydrogens is 201 g/mol. The molecule has 1 atom stereocenters. The van der Waals surface area contributed by atoms with Crippen molar-refractivity contribution >= 4 is 7.92 Å². The van der Waals surface area contributed by atoms with Gasteiger partial charge in [0.25, 0.3) is 0 Å². The van der Waals surface area contributed by atoms with E-state index in [0.717, 1.165) is 0 Å². The monoisotopic (exact) mass is 227 g/mol. The van der Waals surface area contributed by atoms with E-state index < -0.39 is 0 Å². The summed E-state index contributed by atoms with van der Waals surface area (Å²) >= 11 is 0. The van der Waals surface area contributed by atoms with Gasteiger partial charge in [-0.15, -0.1) is 0 Å². The zero-order chi connectivity index (χ0) is 10.6. The number of unbranched alkanes of at least 4 members (excludes halogenated alkanes) is 1. The van der Waals surface area contributed by atoms with Gasteiger partial charge < -0.3 is 5.32 Å². The maximum Gasteiger partial charge on any atom is 0.0380 e. The molecule has 2 heteroatoms. The van der Waals surface area contributed by atoms with Crippen LogP contribution in [0.15, 0.2) is 0 Å². The quantitative estimate of drug-likeness (QED) is 0.720. The number of hydrogen-bond donors (Lipinski definition) is 1. The summed E-state index contributed by atoms with van der Waals surface area (Å²) in [6.07, 6.45) is 14.8. The molecule has 2 fully saturated rings. The molecule has 1 spiro atoms. The molecular formula is C13H26NP. The van der Waals surface area contributed by atoms with Gasteiger partial charge in [-0.3, -0.25) is 0 Å². The summed E-state index contributed by atoms with van der Waals surface area (Å²) < 4.78 is 0. The van der Waals surface area contributed by atoms with E-state index in [1.54, 1.807) is 12.3 Å². The largest absolute Gasteiger partial charge is 0.308 e. The summed E-state index contributed by atoms with van der Waals surface area (Å²) in [6.45, 7) is 3.63. The Morgan fingerprint density at radius 3 is 2.67 bits per heavy atom. The van der Waals surface area contributed by atoms with Crippen LogP contribution in [0, 0.1) is 0 Å². The molecule has 1 nitrogen and oxygen atoms in total. The normalized spacial score (nSPS) is 30.6. The van der Waals surface area contributed by atoms with Crippen LogP contribution in [0.4, 0.5) is 0 Å². The Balaban J connectivity index is 1.97. The predicted octanol–water partition coefficient (Wildman–Crippen LogP) is 3.92. The van der Waals surface area contributed by atoms with Crippen molar-refractivity contribution in [1.82, 2.24) is 5.32 Å². The third kappa shape index (κ3) is 2.74. The minimum Gasteiger partial charge on any atom is -0.308 e. The summed E-state index contributed by atoms with van der Waals surface area (Å²) in [6, 6.07) is 0. The summed E-state index contributed by atoms with van der Waals surface area (Å²) in [4.78, 5) is 0. The minimum absolute atomic E-state index is 0.309. The van der Waals surface area contributed by atoms with Gasteiger partial charge in [-0.05, 0) is 44.6 Å². The van der Waals surface area contributed by atoms with E-state index in [1.165, 1.54) is 57.9 Å². The Labute approximate surface area is 96.2 Å². The van der Waals surface area contributed by atoms with Crippen LogP contribution in [0.25, 0.3) is 0 Å². The van der Waals surface area contributed by atoms with Gasteiger partial charge in [-0.25, -0.2) is 0 Å². The third-order valence-electron chi connectivity index (χ3n) is 4.13. The van der Waals surface area contributed by atoms with Crippen LogP contribution in [-0.2, 0) is 0 Å². The molecule has 2 rings (SSSR count). The first-order valence-electron chi connectivity index (χ1n) is 6.87. The first kappa shape index (κ1) is 11.9. The van der Waals surface area contributed by atoms with Crippen LogP contribution in [0.1, 0.15) is 58.3 Å². The van der Waals surface area contributed by atoms with E-state index in [2.05, 4.69) is 12.2 Å². The van der Waals surface area contributed by atoms with Crippen LogP contribution in [-0.4, -0.2) is 24.1 Å². The summed E-state index contributed by atoms with van der Waals surface area (Å²) in [5.41, 5.74) is 0. The molecule has 1 aliphatic heterocycles. The predicted molar refractivity (Wildman–Crippen MR) is 70.0 cm³/mol. The van der Waals surface area contributed by atoms with Crippen molar-refractivity contribution in [3.05, 3.63) is 0 Å². The average Bonchev–Trinajstić information content (AvgIpc) is 2.29. The second-order valence-corrected chi connectivity index (χ2v) is 8.04. The van der Waals surface area contributed by atoms with Crippen molar-refractivity contribution in [3.8, 4) is 0 Å². The molecule has 88 valence electrons. The highest BCUT2D eigenvalue weighted by Crippen LogP contribution is 2.57. The smallest absolute Gasteiger partial charge is 0.0380 e. The fraction of sp³-hybridized carbons (Fsp3) is 1.00. The van der Waals surface area contributed by atoms with E-state index >= 15 is 0 Å². The van der Waals surface area contributed by atoms with E-state index in [1.807, 2.05) is 0 Å². The van der Waals surface area contributed by atoms with Crippen molar-refractivity contribution < 1.29 is 0 Å². The Kier molecular flexibility index (Phi) is 4.46. The second kappa shape index (κ2) is 5.64. The Bertz CT molecular complexity index is 179. The van der Waals surface area contributed by atoms with Crippen molar-refractivity contribution in [2.75, 3.05) is 18.9 Å². The van der Waals surface area contributed by atoms with E-state index in [-0.39, 0.29) is 0 Å². The molecule has 0 aromatic heterocycles. The first-order valence-corrected chi connectivity index (χ1v) is 8.59. The molecule has 1 unspecified atom stereocenters. The topological polar surface area (TPSA) is 12.0 Å². The molecule has 1 N–H and O–H groups in total. The fourth-order valence-electron chi connectivity index (χ4n) is 3.22. The van der Waals surface area contributed by atoms with E-state index in [4.69, 9.17) is 0 Å². The summed E-state index contributed by atoms with van der Waals surface area (Å²) in [5.74, 6) is 0. The maximum absolute atomic E-state index is 3.92. The molecule has 15 heavy (non-hydrogen) atoms. The fourth-order valence-corrected chi connectivity index (χ4v) is 6.82. The summed E-state index contributed by atoms with van der Waals surface area (Å²) in [7, 11) is 0.309. The van der Waals surface area contributed by atoms with Crippen LogP contribution in [0.3, 0.4) is 0 Å². The van der Waals surface area contributed by atoms with Gasteiger partial charge in [0.15, 0.2) is 0 Å². The molecule has 0 aromatic rings. The standard InChI is InChI=1S/C13H26NP/c1-2-3-11-15-12-7-10-14-13(15)8-5-4-6-9-13/h14H,2-12H2,1H3. The maximum atomic E-state index is 3.92. The lowest BCUT2D eigenvalue weighted by atomic mass is 9.94. The highest BCUT2D eigenvalue weighted by atomic mass is 31.1. The van der Waals surface area contributed by atoms with E-state index in [0.29, 0.717) is 13.2 Å². The van der Waals surface area contributed by atoms with Crippen molar-refractivity contribution in [2.24, 2.45) is 0 Å². The molecule has 1 saturated carbocycles. The van der Waals surface area contributed by atoms with Gasteiger partial charge in [-0.1, -0.05) is 40.5 Å². The van der Waals surface area contributed by atoms with Gasteiger partial charge in [0.2, 0.25) is 0 Å². The zero-order valence-electron chi connectivity index (χ0n) is 10.2. The number of rotatable bonds is 3. The summed E-state index contributed by atoms with van der Waals surface area (Å²) in [5, 5.41) is 4.56. The lowest BCUT2D eigenvalue weighted by Crippen LogP contribution is -2.49. The molecule has 2 aliphatic rings. The lowest BCUT2D eigenvalue weighted by molar-refractivity contribution is 0.321. The molecule has 0 amide bonds. The SMILES string of the molecule is CCCCP1CCCNC12CCCCC2.